The van der Waals surface area contributed by atoms with E-state index in [1.165, 1.54) is 12.1 Å². The Balaban J connectivity index is 2.85. The molecule has 0 fully saturated rings. The highest BCUT2D eigenvalue weighted by atomic mass is 19.1. The summed E-state index contributed by atoms with van der Waals surface area (Å²) in [6.07, 6.45) is -0.267. The van der Waals surface area contributed by atoms with Gasteiger partial charge in [0.15, 0.2) is 0 Å². The quantitative estimate of drug-likeness (QED) is 0.837. The van der Waals surface area contributed by atoms with Crippen molar-refractivity contribution >= 4 is 0 Å². The Kier molecular flexibility index (Phi) is 4.17. The molecular weight excluding hydrogens is 200 g/mol. The van der Waals surface area contributed by atoms with E-state index in [9.17, 15) is 8.78 Å². The van der Waals surface area contributed by atoms with Gasteiger partial charge in [0.1, 0.15) is 11.6 Å². The van der Waals surface area contributed by atoms with Crippen LogP contribution in [0.4, 0.5) is 8.78 Å². The van der Waals surface area contributed by atoms with Crippen molar-refractivity contribution in [2.75, 3.05) is 6.61 Å². The van der Waals surface area contributed by atoms with Crippen molar-refractivity contribution in [2.45, 2.75) is 26.0 Å². The zero-order chi connectivity index (χ0) is 11.4. The van der Waals surface area contributed by atoms with E-state index in [4.69, 9.17) is 10.5 Å². The second kappa shape index (κ2) is 5.19. The molecule has 1 aromatic carbocycles. The van der Waals surface area contributed by atoms with Crippen molar-refractivity contribution in [2.24, 2.45) is 5.73 Å². The van der Waals surface area contributed by atoms with Crippen LogP contribution in [0.2, 0.25) is 0 Å². The van der Waals surface area contributed by atoms with Gasteiger partial charge in [-0.3, -0.25) is 0 Å². The second-order valence-electron chi connectivity index (χ2n) is 3.39. The number of hydrogen-bond acceptors (Lipinski definition) is 2. The smallest absolute Gasteiger partial charge is 0.126 e. The van der Waals surface area contributed by atoms with Crippen molar-refractivity contribution in [3.63, 3.8) is 0 Å². The van der Waals surface area contributed by atoms with Crippen LogP contribution in [0.25, 0.3) is 0 Å². The Morgan fingerprint density at radius 2 is 1.80 bits per heavy atom. The molecule has 2 atom stereocenters. The Labute approximate surface area is 88.0 Å². The average Bonchev–Trinajstić information content (AvgIpc) is 2.15. The first-order chi connectivity index (χ1) is 7.04. The summed E-state index contributed by atoms with van der Waals surface area (Å²) in [4.78, 5) is 0. The molecule has 0 aromatic heterocycles. The van der Waals surface area contributed by atoms with E-state index in [0.717, 1.165) is 6.07 Å². The molecule has 0 aliphatic rings. The lowest BCUT2D eigenvalue weighted by Gasteiger charge is -2.20. The molecule has 1 aromatic rings. The van der Waals surface area contributed by atoms with E-state index in [-0.39, 0.29) is 6.10 Å². The van der Waals surface area contributed by atoms with Crippen LogP contribution in [0.15, 0.2) is 18.2 Å². The number of hydrogen-bond donors (Lipinski definition) is 1. The van der Waals surface area contributed by atoms with Gasteiger partial charge >= 0.3 is 0 Å². The highest BCUT2D eigenvalue weighted by Gasteiger charge is 2.16. The zero-order valence-electron chi connectivity index (χ0n) is 8.84. The molecule has 4 heteroatoms. The summed E-state index contributed by atoms with van der Waals surface area (Å²) >= 11 is 0. The third-order valence-corrected chi connectivity index (χ3v) is 2.21. The third kappa shape index (κ3) is 3.25. The molecule has 0 radical (unpaired) electrons. The van der Waals surface area contributed by atoms with Crippen LogP contribution >= 0.6 is 0 Å². The first kappa shape index (κ1) is 12.1. The maximum atomic E-state index is 12.9. The number of benzene rings is 1. The Morgan fingerprint density at radius 3 is 2.27 bits per heavy atom. The van der Waals surface area contributed by atoms with Gasteiger partial charge in [-0.05, 0) is 31.5 Å². The molecule has 0 spiro atoms. The molecule has 0 aliphatic carbocycles. The van der Waals surface area contributed by atoms with Gasteiger partial charge in [0.2, 0.25) is 0 Å². The van der Waals surface area contributed by atoms with Crippen LogP contribution in [0.5, 0.6) is 0 Å². The van der Waals surface area contributed by atoms with E-state index in [2.05, 4.69) is 0 Å². The first-order valence-corrected chi connectivity index (χ1v) is 4.87. The Bertz CT molecular complexity index is 310. The van der Waals surface area contributed by atoms with Crippen LogP contribution in [0.1, 0.15) is 25.5 Å². The topological polar surface area (TPSA) is 35.2 Å². The molecule has 0 aliphatic heterocycles. The maximum absolute atomic E-state index is 12.9. The number of rotatable bonds is 4. The summed E-state index contributed by atoms with van der Waals surface area (Å²) in [6.45, 7) is 4.14. The predicted molar refractivity (Wildman–Crippen MR) is 54.4 cm³/mol. The maximum Gasteiger partial charge on any atom is 0.126 e. The lowest BCUT2D eigenvalue weighted by molar-refractivity contribution is 0.0573. The minimum absolute atomic E-state index is 0.267. The van der Waals surface area contributed by atoms with E-state index in [1.807, 2.05) is 6.92 Å². The molecule has 84 valence electrons. The summed E-state index contributed by atoms with van der Waals surface area (Å²) in [5.41, 5.74) is 6.21. The van der Waals surface area contributed by atoms with Crippen LogP contribution in [-0.2, 0) is 4.74 Å². The lowest BCUT2D eigenvalue weighted by atomic mass is 10.0. The average molecular weight is 215 g/mol. The summed E-state index contributed by atoms with van der Waals surface area (Å²) in [7, 11) is 0. The zero-order valence-corrected chi connectivity index (χ0v) is 8.84. The molecule has 0 amide bonds. The number of nitrogens with two attached hydrogens (primary N) is 1. The van der Waals surface area contributed by atoms with E-state index in [0.29, 0.717) is 12.2 Å². The molecule has 2 nitrogen and oxygen atoms in total. The van der Waals surface area contributed by atoms with Gasteiger partial charge in [-0.15, -0.1) is 0 Å². The summed E-state index contributed by atoms with van der Waals surface area (Å²) < 4.78 is 31.1. The molecule has 0 heterocycles. The van der Waals surface area contributed by atoms with E-state index in [1.54, 1.807) is 6.92 Å². The fraction of sp³-hybridized carbons (Fsp3) is 0.455. The Hall–Kier alpha value is -1.00. The minimum atomic E-state index is -0.621. The van der Waals surface area contributed by atoms with Crippen LogP contribution in [0.3, 0.4) is 0 Å². The fourth-order valence-corrected chi connectivity index (χ4v) is 1.41. The van der Waals surface area contributed by atoms with Gasteiger partial charge in [-0.2, -0.15) is 0 Å². The van der Waals surface area contributed by atoms with Crippen LogP contribution < -0.4 is 5.73 Å². The molecular formula is C11H15F2NO. The van der Waals surface area contributed by atoms with Crippen molar-refractivity contribution in [1.29, 1.82) is 0 Å². The number of halogens is 2. The highest BCUT2D eigenvalue weighted by molar-refractivity contribution is 5.21. The largest absolute Gasteiger partial charge is 0.377 e. The predicted octanol–water partition coefficient (Wildman–Crippen LogP) is 2.39. The Morgan fingerprint density at radius 1 is 1.27 bits per heavy atom. The van der Waals surface area contributed by atoms with Gasteiger partial charge in [0, 0.05) is 12.7 Å². The van der Waals surface area contributed by atoms with Crippen LogP contribution in [-0.4, -0.2) is 12.7 Å². The first-order valence-electron chi connectivity index (χ1n) is 4.87. The molecule has 1 rings (SSSR count). The van der Waals surface area contributed by atoms with E-state index < -0.39 is 17.7 Å². The molecule has 0 saturated heterocycles. The van der Waals surface area contributed by atoms with Gasteiger partial charge in [-0.25, -0.2) is 8.78 Å². The highest BCUT2D eigenvalue weighted by Crippen LogP contribution is 2.18. The van der Waals surface area contributed by atoms with Crippen molar-refractivity contribution in [3.05, 3.63) is 35.4 Å². The van der Waals surface area contributed by atoms with Crippen LogP contribution in [0, 0.1) is 11.6 Å². The van der Waals surface area contributed by atoms with Gasteiger partial charge < -0.3 is 10.5 Å². The van der Waals surface area contributed by atoms with E-state index >= 15 is 0 Å². The standard InChI is InChI=1S/C11H15F2NO/c1-3-15-7(2)11(14)8-4-9(12)6-10(13)5-8/h4-7,11H,3,14H2,1-2H3. The molecule has 0 saturated carbocycles. The lowest BCUT2D eigenvalue weighted by Crippen LogP contribution is -2.26. The molecule has 15 heavy (non-hydrogen) atoms. The summed E-state index contributed by atoms with van der Waals surface area (Å²) in [6, 6.07) is 2.75. The number of ether oxygens (including phenoxy) is 1. The third-order valence-electron chi connectivity index (χ3n) is 2.21. The summed E-state index contributed by atoms with van der Waals surface area (Å²) in [5, 5.41) is 0. The van der Waals surface area contributed by atoms with Gasteiger partial charge in [-0.1, -0.05) is 0 Å². The monoisotopic (exact) mass is 215 g/mol. The molecule has 2 N–H and O–H groups in total. The van der Waals surface area contributed by atoms with Gasteiger partial charge in [0.05, 0.1) is 12.1 Å². The molecule has 0 bridgehead atoms. The normalized spacial score (nSPS) is 15.0. The van der Waals surface area contributed by atoms with Crippen molar-refractivity contribution in [3.8, 4) is 0 Å². The fourth-order valence-electron chi connectivity index (χ4n) is 1.41. The molecule has 2 unspecified atom stereocenters. The SMILES string of the molecule is CCOC(C)C(N)c1cc(F)cc(F)c1. The van der Waals surface area contributed by atoms with Crippen molar-refractivity contribution < 1.29 is 13.5 Å². The van der Waals surface area contributed by atoms with Gasteiger partial charge in [0.25, 0.3) is 0 Å². The van der Waals surface area contributed by atoms with Crippen molar-refractivity contribution in [1.82, 2.24) is 0 Å². The second-order valence-corrected chi connectivity index (χ2v) is 3.39. The summed E-state index contributed by atoms with van der Waals surface area (Å²) in [5.74, 6) is -1.24. The minimum Gasteiger partial charge on any atom is -0.377 e.